The van der Waals surface area contributed by atoms with E-state index in [-0.39, 0.29) is 16.8 Å². The summed E-state index contributed by atoms with van der Waals surface area (Å²) in [5.41, 5.74) is 7.72. The van der Waals surface area contributed by atoms with E-state index >= 15 is 0 Å². The molecule has 0 radical (unpaired) electrons. The fraction of sp³-hybridized carbons (Fsp3) is 0.167. The summed E-state index contributed by atoms with van der Waals surface area (Å²) < 4.78 is 13.4. The predicted octanol–water partition coefficient (Wildman–Crippen LogP) is 3.07. The fourth-order valence-corrected chi connectivity index (χ4v) is 2.35. The highest BCUT2D eigenvalue weighted by atomic mass is 19.1. The molecule has 2 rings (SSSR count). The van der Waals surface area contributed by atoms with Crippen LogP contribution in [0, 0.1) is 5.82 Å². The van der Waals surface area contributed by atoms with E-state index in [1.54, 1.807) is 6.92 Å². The summed E-state index contributed by atoms with van der Waals surface area (Å²) in [6, 6.07) is 5.13. The Hall–Kier alpha value is -3.02. The van der Waals surface area contributed by atoms with Gasteiger partial charge in [-0.05, 0) is 44.5 Å². The molecule has 1 heterocycles. The molecular formula is C18H18FN3O2. The van der Waals surface area contributed by atoms with E-state index in [2.05, 4.69) is 16.9 Å². The number of pyridine rings is 1. The zero-order valence-corrected chi connectivity index (χ0v) is 13.7. The summed E-state index contributed by atoms with van der Waals surface area (Å²) in [4.78, 5) is 28.1. The number of halogens is 1. The first-order valence-electron chi connectivity index (χ1n) is 7.25. The van der Waals surface area contributed by atoms with Crippen molar-refractivity contribution >= 4 is 22.7 Å². The van der Waals surface area contributed by atoms with E-state index in [0.717, 1.165) is 11.6 Å². The Morgan fingerprint density at radius 2 is 1.88 bits per heavy atom. The number of carbonyl (C=O) groups is 2. The first kappa shape index (κ1) is 17.3. The van der Waals surface area contributed by atoms with Crippen LogP contribution in [0.25, 0.3) is 10.9 Å². The molecule has 0 saturated heterocycles. The van der Waals surface area contributed by atoms with Gasteiger partial charge in [-0.15, -0.1) is 0 Å². The lowest BCUT2D eigenvalue weighted by Crippen LogP contribution is -2.25. The van der Waals surface area contributed by atoms with E-state index in [4.69, 9.17) is 5.73 Å². The van der Waals surface area contributed by atoms with Gasteiger partial charge in [0.2, 0.25) is 0 Å². The number of primary amides is 1. The second kappa shape index (κ2) is 6.62. The summed E-state index contributed by atoms with van der Waals surface area (Å²) in [6.45, 7) is 9.30. The van der Waals surface area contributed by atoms with Crippen molar-refractivity contribution in [2.24, 2.45) is 5.73 Å². The van der Waals surface area contributed by atoms with Gasteiger partial charge in [-0.25, -0.2) is 9.37 Å². The summed E-state index contributed by atoms with van der Waals surface area (Å²) >= 11 is 0. The van der Waals surface area contributed by atoms with Crippen molar-refractivity contribution in [2.75, 3.05) is 0 Å². The van der Waals surface area contributed by atoms with Crippen molar-refractivity contribution in [1.29, 1.82) is 0 Å². The molecule has 6 heteroatoms. The third-order valence-corrected chi connectivity index (χ3v) is 3.43. The van der Waals surface area contributed by atoms with Gasteiger partial charge in [-0.1, -0.05) is 12.2 Å². The molecule has 2 amide bonds. The van der Waals surface area contributed by atoms with Crippen LogP contribution in [0.15, 0.2) is 47.7 Å². The molecule has 0 saturated carbocycles. The summed E-state index contributed by atoms with van der Waals surface area (Å²) in [7, 11) is 0. The molecule has 0 aliphatic heterocycles. The number of nitrogens with zero attached hydrogens (tertiary/aromatic N) is 1. The average Bonchev–Trinajstić information content (AvgIpc) is 2.49. The standard InChI is InChI=1S/C18H18FN3O2/c1-9(2)16(10(3)4)22-18(24)13-8-15(17(20)23)21-14-7-11(19)5-6-12(13)14/h5-8H,1H2,2-4H3,(H2,20,23)(H,22,24). The predicted molar refractivity (Wildman–Crippen MR) is 90.9 cm³/mol. The van der Waals surface area contributed by atoms with E-state index < -0.39 is 17.6 Å². The molecule has 0 aliphatic carbocycles. The summed E-state index contributed by atoms with van der Waals surface area (Å²) in [5, 5.41) is 3.20. The number of hydrogen-bond donors (Lipinski definition) is 2. The zero-order valence-electron chi connectivity index (χ0n) is 13.7. The second-order valence-electron chi connectivity index (χ2n) is 5.69. The first-order valence-corrected chi connectivity index (χ1v) is 7.25. The molecule has 0 aliphatic rings. The van der Waals surface area contributed by atoms with Gasteiger partial charge in [0.15, 0.2) is 0 Å². The molecule has 0 spiro atoms. The number of hydrogen-bond acceptors (Lipinski definition) is 3. The molecule has 0 fully saturated rings. The number of allylic oxidation sites excluding steroid dienone is 2. The second-order valence-corrected chi connectivity index (χ2v) is 5.69. The normalized spacial score (nSPS) is 10.3. The third-order valence-electron chi connectivity index (χ3n) is 3.43. The van der Waals surface area contributed by atoms with Crippen molar-refractivity contribution in [3.63, 3.8) is 0 Å². The number of amides is 2. The Labute approximate surface area is 139 Å². The number of aromatic nitrogens is 1. The van der Waals surface area contributed by atoms with E-state index in [9.17, 15) is 14.0 Å². The number of carbonyl (C=O) groups excluding carboxylic acids is 2. The fourth-order valence-electron chi connectivity index (χ4n) is 2.35. The molecule has 24 heavy (non-hydrogen) atoms. The number of nitrogens with one attached hydrogen (secondary N) is 1. The minimum atomic E-state index is -0.794. The maximum atomic E-state index is 13.4. The van der Waals surface area contributed by atoms with Crippen LogP contribution in [-0.2, 0) is 0 Å². The average molecular weight is 327 g/mol. The Kier molecular flexibility index (Phi) is 4.78. The van der Waals surface area contributed by atoms with Crippen LogP contribution in [0.1, 0.15) is 41.6 Å². The molecule has 0 unspecified atom stereocenters. The largest absolute Gasteiger partial charge is 0.364 e. The van der Waals surface area contributed by atoms with Gasteiger partial charge >= 0.3 is 0 Å². The number of rotatable bonds is 4. The van der Waals surface area contributed by atoms with Crippen molar-refractivity contribution in [3.8, 4) is 0 Å². The molecule has 2 aromatic rings. The van der Waals surface area contributed by atoms with Crippen LogP contribution >= 0.6 is 0 Å². The molecule has 1 aromatic carbocycles. The van der Waals surface area contributed by atoms with Crippen LogP contribution < -0.4 is 11.1 Å². The lowest BCUT2D eigenvalue weighted by molar-refractivity contribution is 0.0967. The molecule has 0 bridgehead atoms. The van der Waals surface area contributed by atoms with Gasteiger partial charge in [0.25, 0.3) is 11.8 Å². The topological polar surface area (TPSA) is 85.1 Å². The van der Waals surface area contributed by atoms with Gasteiger partial charge in [0, 0.05) is 17.1 Å². The monoisotopic (exact) mass is 327 g/mol. The molecule has 1 aromatic heterocycles. The van der Waals surface area contributed by atoms with Gasteiger partial charge in [-0.3, -0.25) is 9.59 Å². The maximum absolute atomic E-state index is 13.4. The number of fused-ring (bicyclic) bond motifs is 1. The first-order chi connectivity index (χ1) is 11.2. The van der Waals surface area contributed by atoms with Crippen LogP contribution in [0.5, 0.6) is 0 Å². The van der Waals surface area contributed by atoms with Gasteiger partial charge in [0.05, 0.1) is 11.1 Å². The Bertz CT molecular complexity index is 897. The molecule has 5 nitrogen and oxygen atoms in total. The minimum Gasteiger partial charge on any atom is -0.364 e. The van der Waals surface area contributed by atoms with Gasteiger partial charge in [-0.2, -0.15) is 0 Å². The highest BCUT2D eigenvalue weighted by Gasteiger charge is 2.17. The smallest absolute Gasteiger partial charge is 0.267 e. The Morgan fingerprint density at radius 3 is 2.42 bits per heavy atom. The van der Waals surface area contributed by atoms with Crippen molar-refractivity contribution in [1.82, 2.24) is 10.3 Å². The number of nitrogens with two attached hydrogens (primary N) is 1. The lowest BCUT2D eigenvalue weighted by atomic mass is 10.1. The minimum absolute atomic E-state index is 0.104. The number of benzene rings is 1. The zero-order chi connectivity index (χ0) is 18.0. The van der Waals surface area contributed by atoms with Crippen molar-refractivity contribution in [2.45, 2.75) is 20.8 Å². The highest BCUT2D eigenvalue weighted by molar-refractivity contribution is 6.09. The van der Waals surface area contributed by atoms with Crippen molar-refractivity contribution < 1.29 is 14.0 Å². The Balaban J connectivity index is 2.62. The molecular weight excluding hydrogens is 309 g/mol. The summed E-state index contributed by atoms with van der Waals surface area (Å²) in [6.07, 6.45) is 0. The molecule has 0 atom stereocenters. The lowest BCUT2D eigenvalue weighted by Gasteiger charge is -2.13. The quantitative estimate of drug-likeness (QED) is 0.846. The molecule has 3 N–H and O–H groups in total. The Morgan fingerprint density at radius 1 is 1.21 bits per heavy atom. The van der Waals surface area contributed by atoms with Crippen LogP contribution in [0.4, 0.5) is 4.39 Å². The molecule has 124 valence electrons. The van der Waals surface area contributed by atoms with Crippen molar-refractivity contribution in [3.05, 3.63) is 64.8 Å². The van der Waals surface area contributed by atoms with Crippen LogP contribution in [0.2, 0.25) is 0 Å². The van der Waals surface area contributed by atoms with E-state index in [1.807, 2.05) is 13.8 Å². The summed E-state index contributed by atoms with van der Waals surface area (Å²) in [5.74, 6) is -1.76. The van der Waals surface area contributed by atoms with E-state index in [1.165, 1.54) is 18.2 Å². The maximum Gasteiger partial charge on any atom is 0.267 e. The SMILES string of the molecule is C=C(C)C(NC(=O)c1cc(C(N)=O)nc2cc(F)ccc12)=C(C)C. The highest BCUT2D eigenvalue weighted by Crippen LogP contribution is 2.21. The van der Waals surface area contributed by atoms with Crippen LogP contribution in [-0.4, -0.2) is 16.8 Å². The van der Waals surface area contributed by atoms with Crippen LogP contribution in [0.3, 0.4) is 0 Å². The van der Waals surface area contributed by atoms with E-state index in [0.29, 0.717) is 16.7 Å². The van der Waals surface area contributed by atoms with Gasteiger partial charge < -0.3 is 11.1 Å². The van der Waals surface area contributed by atoms with Gasteiger partial charge in [0.1, 0.15) is 11.5 Å². The third kappa shape index (κ3) is 3.48.